The van der Waals surface area contributed by atoms with Gasteiger partial charge in [-0.05, 0) is 79.1 Å². The zero-order valence-corrected chi connectivity index (χ0v) is 23.3. The first-order chi connectivity index (χ1) is 20.4. The van der Waals surface area contributed by atoms with Crippen LogP contribution in [0.3, 0.4) is 0 Å². The van der Waals surface area contributed by atoms with Gasteiger partial charge in [-0.3, -0.25) is 9.59 Å². The first-order valence-corrected chi connectivity index (χ1v) is 13.9. The van der Waals surface area contributed by atoms with E-state index in [0.29, 0.717) is 47.0 Å². The standard InChI is InChI=1S/C33H29N3O6/c1-3-41-32(39)21-10-14-23(15-11-21)35-18-25-27(20-8-6-5-7-9-20)26-19-36(31(38)29(26)34-28(25)30(35)37)24-16-12-22(13-17-24)33(40)42-4-2/h5-17,27,34H,3-4,18-19H2,1-2H3. The number of carbonyl (C=O) groups excluding carboxylic acids is 4. The molecule has 0 bridgehead atoms. The number of amides is 2. The molecule has 0 unspecified atom stereocenters. The van der Waals surface area contributed by atoms with Crippen LogP contribution in [0.4, 0.5) is 11.4 Å². The van der Waals surface area contributed by atoms with E-state index in [-0.39, 0.29) is 30.9 Å². The van der Waals surface area contributed by atoms with Crippen LogP contribution in [-0.4, -0.2) is 50.1 Å². The van der Waals surface area contributed by atoms with Crippen molar-refractivity contribution >= 4 is 35.1 Å². The summed E-state index contributed by atoms with van der Waals surface area (Å²) in [4.78, 5) is 55.0. The van der Waals surface area contributed by atoms with Gasteiger partial charge in [0.2, 0.25) is 0 Å². The lowest BCUT2D eigenvalue weighted by Gasteiger charge is -2.26. The first kappa shape index (κ1) is 27.0. The number of benzene rings is 3. The minimum absolute atomic E-state index is 0.244. The summed E-state index contributed by atoms with van der Waals surface area (Å²) in [7, 11) is 0. The Morgan fingerprint density at radius 3 is 1.52 bits per heavy atom. The van der Waals surface area contributed by atoms with Crippen LogP contribution >= 0.6 is 0 Å². The highest BCUT2D eigenvalue weighted by Gasteiger charge is 2.46. The Balaban J connectivity index is 1.30. The van der Waals surface area contributed by atoms with Crippen molar-refractivity contribution in [2.24, 2.45) is 0 Å². The molecule has 0 aromatic heterocycles. The molecule has 3 aliphatic heterocycles. The summed E-state index contributed by atoms with van der Waals surface area (Å²) in [5.74, 6) is -1.60. The second-order valence-electron chi connectivity index (χ2n) is 10.1. The summed E-state index contributed by atoms with van der Waals surface area (Å²) < 4.78 is 10.1. The summed E-state index contributed by atoms with van der Waals surface area (Å²) >= 11 is 0. The van der Waals surface area contributed by atoms with Crippen LogP contribution in [0.2, 0.25) is 0 Å². The zero-order chi connectivity index (χ0) is 29.4. The largest absolute Gasteiger partial charge is 0.462 e. The summed E-state index contributed by atoms with van der Waals surface area (Å²) in [6.45, 7) is 4.72. The molecule has 6 rings (SSSR count). The van der Waals surface area contributed by atoms with Crippen molar-refractivity contribution in [3.63, 3.8) is 0 Å². The van der Waals surface area contributed by atoms with Crippen molar-refractivity contribution in [1.82, 2.24) is 5.32 Å². The highest BCUT2D eigenvalue weighted by atomic mass is 16.5. The number of ether oxygens (including phenoxy) is 2. The number of nitrogens with one attached hydrogen (secondary N) is 1. The Morgan fingerprint density at radius 2 is 1.12 bits per heavy atom. The fourth-order valence-corrected chi connectivity index (χ4v) is 5.71. The first-order valence-electron chi connectivity index (χ1n) is 13.9. The lowest BCUT2D eigenvalue weighted by Crippen LogP contribution is -2.34. The van der Waals surface area contributed by atoms with Gasteiger partial charge < -0.3 is 24.6 Å². The number of hydrogen-bond donors (Lipinski definition) is 1. The van der Waals surface area contributed by atoms with Crippen LogP contribution in [0.5, 0.6) is 0 Å². The maximum Gasteiger partial charge on any atom is 0.338 e. The minimum Gasteiger partial charge on any atom is -0.462 e. The summed E-state index contributed by atoms with van der Waals surface area (Å²) in [5.41, 5.74) is 5.64. The number of esters is 2. The number of hydrogen-bond acceptors (Lipinski definition) is 7. The molecule has 0 saturated heterocycles. The van der Waals surface area contributed by atoms with Gasteiger partial charge in [0.25, 0.3) is 11.8 Å². The predicted molar refractivity (Wildman–Crippen MR) is 156 cm³/mol. The van der Waals surface area contributed by atoms with E-state index in [9.17, 15) is 19.2 Å². The van der Waals surface area contributed by atoms with E-state index in [2.05, 4.69) is 5.32 Å². The van der Waals surface area contributed by atoms with Gasteiger partial charge in [-0.2, -0.15) is 0 Å². The average molecular weight is 564 g/mol. The number of anilines is 2. The Morgan fingerprint density at radius 1 is 0.690 bits per heavy atom. The normalized spacial score (nSPS) is 16.4. The highest BCUT2D eigenvalue weighted by molar-refractivity contribution is 6.15. The lowest BCUT2D eigenvalue weighted by atomic mass is 9.81. The van der Waals surface area contributed by atoms with Crippen molar-refractivity contribution in [3.05, 3.63) is 118 Å². The molecule has 9 nitrogen and oxygen atoms in total. The summed E-state index contributed by atoms with van der Waals surface area (Å²) in [5, 5.41) is 3.20. The van der Waals surface area contributed by atoms with Crippen molar-refractivity contribution in [2.75, 3.05) is 36.1 Å². The molecule has 1 N–H and O–H groups in total. The summed E-state index contributed by atoms with van der Waals surface area (Å²) in [6.07, 6.45) is 0. The molecule has 3 aromatic rings. The Bertz CT molecular complexity index is 1540. The highest BCUT2D eigenvalue weighted by Crippen LogP contribution is 2.45. The fourth-order valence-electron chi connectivity index (χ4n) is 5.71. The Kier molecular flexibility index (Phi) is 7.08. The van der Waals surface area contributed by atoms with Gasteiger partial charge in [0, 0.05) is 17.3 Å². The van der Waals surface area contributed by atoms with Gasteiger partial charge in [0.15, 0.2) is 0 Å². The van der Waals surface area contributed by atoms with Gasteiger partial charge in [0.1, 0.15) is 11.4 Å². The van der Waals surface area contributed by atoms with Crippen molar-refractivity contribution in [2.45, 2.75) is 19.8 Å². The third-order valence-electron chi connectivity index (χ3n) is 7.68. The van der Waals surface area contributed by atoms with Crippen molar-refractivity contribution < 1.29 is 28.7 Å². The van der Waals surface area contributed by atoms with E-state index in [4.69, 9.17) is 9.47 Å². The van der Waals surface area contributed by atoms with Gasteiger partial charge >= 0.3 is 11.9 Å². The van der Waals surface area contributed by atoms with E-state index in [1.807, 2.05) is 30.3 Å². The third kappa shape index (κ3) is 4.62. The van der Waals surface area contributed by atoms with Crippen LogP contribution in [0.15, 0.2) is 101 Å². The molecule has 0 spiro atoms. The van der Waals surface area contributed by atoms with E-state index in [0.717, 1.165) is 16.7 Å². The van der Waals surface area contributed by atoms with Crippen LogP contribution in [-0.2, 0) is 19.1 Å². The Hall–Kier alpha value is -5.18. The topological polar surface area (TPSA) is 105 Å². The molecule has 212 valence electrons. The molecule has 42 heavy (non-hydrogen) atoms. The molecule has 0 radical (unpaired) electrons. The quantitative estimate of drug-likeness (QED) is 0.427. The smallest absolute Gasteiger partial charge is 0.338 e. The molecule has 0 aliphatic carbocycles. The average Bonchev–Trinajstić information content (AvgIpc) is 3.53. The maximum atomic E-state index is 13.8. The van der Waals surface area contributed by atoms with E-state index < -0.39 is 11.9 Å². The third-order valence-corrected chi connectivity index (χ3v) is 7.68. The van der Waals surface area contributed by atoms with Gasteiger partial charge in [0.05, 0.1) is 37.4 Å². The van der Waals surface area contributed by atoms with E-state index >= 15 is 0 Å². The molecule has 3 aliphatic rings. The lowest BCUT2D eigenvalue weighted by molar-refractivity contribution is -0.115. The van der Waals surface area contributed by atoms with Crippen molar-refractivity contribution in [3.8, 4) is 0 Å². The number of carbonyl (C=O) groups is 4. The molecule has 9 heteroatoms. The summed E-state index contributed by atoms with van der Waals surface area (Å²) in [6, 6.07) is 23.3. The molecule has 2 amide bonds. The zero-order valence-electron chi connectivity index (χ0n) is 23.3. The SMILES string of the molecule is CCOC(=O)c1ccc(N2CC3=C(NC4=C(CN(c5ccc(C(=O)OCC)cc5)C4=O)C3c3ccccc3)C2=O)cc1. The maximum absolute atomic E-state index is 13.8. The van der Waals surface area contributed by atoms with Crippen LogP contribution < -0.4 is 15.1 Å². The predicted octanol–water partition coefficient (Wildman–Crippen LogP) is 4.33. The number of rotatable bonds is 7. The molecule has 0 fully saturated rings. The molecule has 0 atom stereocenters. The van der Waals surface area contributed by atoms with Crippen LogP contribution in [0.1, 0.15) is 46.0 Å². The monoisotopic (exact) mass is 563 g/mol. The molecular weight excluding hydrogens is 534 g/mol. The van der Waals surface area contributed by atoms with Gasteiger partial charge in [-0.1, -0.05) is 30.3 Å². The number of nitrogens with zero attached hydrogens (tertiary/aromatic N) is 2. The molecular formula is C33H29N3O6. The van der Waals surface area contributed by atoms with Gasteiger partial charge in [-0.15, -0.1) is 0 Å². The van der Waals surface area contributed by atoms with Crippen LogP contribution in [0.25, 0.3) is 0 Å². The molecule has 0 saturated carbocycles. The van der Waals surface area contributed by atoms with Crippen LogP contribution in [0, 0.1) is 0 Å². The van der Waals surface area contributed by atoms with E-state index in [1.165, 1.54) is 0 Å². The van der Waals surface area contributed by atoms with Gasteiger partial charge in [-0.25, -0.2) is 9.59 Å². The Labute approximate surface area is 243 Å². The molecule has 3 heterocycles. The second kappa shape index (κ2) is 11.0. The minimum atomic E-state index is -0.417. The molecule has 3 aromatic carbocycles. The second-order valence-corrected chi connectivity index (χ2v) is 10.1. The van der Waals surface area contributed by atoms with Crippen molar-refractivity contribution in [1.29, 1.82) is 0 Å². The number of dihydropyridines is 1. The van der Waals surface area contributed by atoms with E-state index in [1.54, 1.807) is 72.2 Å². The fraction of sp³-hybridized carbons (Fsp3) is 0.212.